The van der Waals surface area contributed by atoms with E-state index in [0.29, 0.717) is 11.9 Å². The van der Waals surface area contributed by atoms with E-state index in [1.165, 1.54) is 25.9 Å². The molecule has 126 valence electrons. The zero-order valence-electron chi connectivity index (χ0n) is 13.7. The molecule has 3 rings (SSSR count). The first-order valence-electron chi connectivity index (χ1n) is 8.91. The number of hydrogen-bond acceptors (Lipinski definition) is 4. The largest absolute Gasteiger partial charge is 0.393 e. The molecule has 1 saturated carbocycles. The van der Waals surface area contributed by atoms with Gasteiger partial charge in [-0.15, -0.1) is 0 Å². The zero-order valence-corrected chi connectivity index (χ0v) is 13.7. The number of nitrogens with zero attached hydrogens (tertiary/aromatic N) is 2. The number of ether oxygens (including phenoxy) is 1. The van der Waals surface area contributed by atoms with E-state index >= 15 is 0 Å². The number of aliphatic hydroxyl groups excluding tert-OH is 1. The highest BCUT2D eigenvalue weighted by Crippen LogP contribution is 2.30. The SMILES string of the molecule is CO[C@H]1C[C@@H](CN2CCCC2)N(C(=O)C2CCC(O)CC2)C1. The van der Waals surface area contributed by atoms with Crippen molar-refractivity contribution in [3.8, 4) is 0 Å². The molecule has 0 bridgehead atoms. The quantitative estimate of drug-likeness (QED) is 0.849. The summed E-state index contributed by atoms with van der Waals surface area (Å²) in [7, 11) is 1.75. The lowest BCUT2D eigenvalue weighted by Crippen LogP contribution is -2.45. The fourth-order valence-electron chi connectivity index (χ4n) is 4.31. The topological polar surface area (TPSA) is 53.0 Å². The van der Waals surface area contributed by atoms with Crippen molar-refractivity contribution in [2.45, 2.75) is 63.2 Å². The third kappa shape index (κ3) is 3.63. The van der Waals surface area contributed by atoms with E-state index in [1.54, 1.807) is 7.11 Å². The summed E-state index contributed by atoms with van der Waals surface area (Å²) in [4.78, 5) is 17.5. The van der Waals surface area contributed by atoms with Gasteiger partial charge >= 0.3 is 0 Å². The molecule has 2 aliphatic heterocycles. The minimum atomic E-state index is -0.199. The number of aliphatic hydroxyl groups is 1. The molecule has 2 saturated heterocycles. The van der Waals surface area contributed by atoms with Gasteiger partial charge in [-0.1, -0.05) is 0 Å². The molecule has 0 spiro atoms. The molecule has 0 aromatic carbocycles. The Morgan fingerprint density at radius 2 is 1.86 bits per heavy atom. The molecule has 1 N–H and O–H groups in total. The number of carbonyl (C=O) groups excluding carboxylic acids is 1. The van der Waals surface area contributed by atoms with Crippen LogP contribution in [0.25, 0.3) is 0 Å². The monoisotopic (exact) mass is 310 g/mol. The van der Waals surface area contributed by atoms with Crippen LogP contribution in [0.15, 0.2) is 0 Å². The Balaban J connectivity index is 1.61. The van der Waals surface area contributed by atoms with Crippen molar-refractivity contribution in [3.05, 3.63) is 0 Å². The highest BCUT2D eigenvalue weighted by molar-refractivity contribution is 5.79. The molecule has 3 fully saturated rings. The average molecular weight is 310 g/mol. The van der Waals surface area contributed by atoms with Crippen molar-refractivity contribution in [1.82, 2.24) is 9.80 Å². The van der Waals surface area contributed by atoms with Crippen LogP contribution in [-0.2, 0) is 9.53 Å². The highest BCUT2D eigenvalue weighted by Gasteiger charge is 2.39. The maximum absolute atomic E-state index is 12.9. The van der Waals surface area contributed by atoms with E-state index in [2.05, 4.69) is 9.80 Å². The van der Waals surface area contributed by atoms with Crippen LogP contribution in [0.1, 0.15) is 44.9 Å². The maximum Gasteiger partial charge on any atom is 0.226 e. The number of carbonyl (C=O) groups is 1. The Bertz CT molecular complexity index is 376. The van der Waals surface area contributed by atoms with Crippen molar-refractivity contribution >= 4 is 5.91 Å². The lowest BCUT2D eigenvalue weighted by Gasteiger charge is -2.33. The fraction of sp³-hybridized carbons (Fsp3) is 0.941. The van der Waals surface area contributed by atoms with E-state index in [9.17, 15) is 9.90 Å². The summed E-state index contributed by atoms with van der Waals surface area (Å²) in [6, 6.07) is 0.308. The Hall–Kier alpha value is -0.650. The van der Waals surface area contributed by atoms with Crippen LogP contribution in [0.5, 0.6) is 0 Å². The molecule has 5 heteroatoms. The molecular formula is C17H30N2O3. The Labute approximate surface area is 133 Å². The van der Waals surface area contributed by atoms with Gasteiger partial charge in [0.15, 0.2) is 0 Å². The summed E-state index contributed by atoms with van der Waals surface area (Å²) >= 11 is 0. The first-order chi connectivity index (χ1) is 10.7. The smallest absolute Gasteiger partial charge is 0.226 e. The molecule has 3 aliphatic rings. The minimum Gasteiger partial charge on any atom is -0.393 e. The summed E-state index contributed by atoms with van der Waals surface area (Å²) in [5.74, 6) is 0.413. The van der Waals surface area contributed by atoms with E-state index in [4.69, 9.17) is 4.74 Å². The van der Waals surface area contributed by atoms with Crippen molar-refractivity contribution < 1.29 is 14.6 Å². The molecule has 2 heterocycles. The van der Waals surface area contributed by atoms with Crippen LogP contribution in [-0.4, -0.2) is 72.4 Å². The predicted octanol–water partition coefficient (Wildman–Crippen LogP) is 1.25. The van der Waals surface area contributed by atoms with Gasteiger partial charge in [-0.25, -0.2) is 0 Å². The van der Waals surface area contributed by atoms with Crippen LogP contribution >= 0.6 is 0 Å². The van der Waals surface area contributed by atoms with Gasteiger partial charge in [-0.3, -0.25) is 4.79 Å². The first kappa shape index (κ1) is 16.2. The van der Waals surface area contributed by atoms with E-state index in [0.717, 1.165) is 45.2 Å². The number of rotatable bonds is 4. The number of likely N-dealkylation sites (tertiary alicyclic amines) is 2. The van der Waals surface area contributed by atoms with Gasteiger partial charge in [0.25, 0.3) is 0 Å². The molecule has 5 nitrogen and oxygen atoms in total. The fourth-order valence-corrected chi connectivity index (χ4v) is 4.31. The maximum atomic E-state index is 12.9. The van der Waals surface area contributed by atoms with Crippen molar-refractivity contribution in [2.24, 2.45) is 5.92 Å². The number of hydrogen-bond donors (Lipinski definition) is 1. The second-order valence-electron chi connectivity index (χ2n) is 7.25. The van der Waals surface area contributed by atoms with Crippen molar-refractivity contribution in [1.29, 1.82) is 0 Å². The zero-order chi connectivity index (χ0) is 15.5. The third-order valence-electron chi connectivity index (χ3n) is 5.71. The molecule has 0 aromatic heterocycles. The number of amides is 1. The van der Waals surface area contributed by atoms with Crippen molar-refractivity contribution in [3.63, 3.8) is 0 Å². The van der Waals surface area contributed by atoms with Crippen LogP contribution in [0.3, 0.4) is 0 Å². The predicted molar refractivity (Wildman–Crippen MR) is 84.6 cm³/mol. The van der Waals surface area contributed by atoms with Gasteiger partial charge in [-0.2, -0.15) is 0 Å². The van der Waals surface area contributed by atoms with Gasteiger partial charge in [0, 0.05) is 32.2 Å². The van der Waals surface area contributed by atoms with Gasteiger partial charge in [0.05, 0.1) is 12.2 Å². The number of methoxy groups -OCH3 is 1. The summed E-state index contributed by atoms with van der Waals surface area (Å²) in [5, 5.41) is 9.64. The van der Waals surface area contributed by atoms with Gasteiger partial charge in [0.2, 0.25) is 5.91 Å². The first-order valence-corrected chi connectivity index (χ1v) is 8.91. The van der Waals surface area contributed by atoms with Crippen LogP contribution in [0, 0.1) is 5.92 Å². The molecular weight excluding hydrogens is 280 g/mol. The molecule has 2 atom stereocenters. The highest BCUT2D eigenvalue weighted by atomic mass is 16.5. The Morgan fingerprint density at radius 3 is 2.50 bits per heavy atom. The lowest BCUT2D eigenvalue weighted by molar-refractivity contribution is -0.138. The molecule has 0 aromatic rings. The second-order valence-corrected chi connectivity index (χ2v) is 7.25. The average Bonchev–Trinajstić information content (AvgIpc) is 3.17. The summed E-state index contributed by atoms with van der Waals surface area (Å²) < 4.78 is 5.54. The van der Waals surface area contributed by atoms with E-state index in [1.807, 2.05) is 0 Å². The summed E-state index contributed by atoms with van der Waals surface area (Å²) in [5.41, 5.74) is 0. The lowest BCUT2D eigenvalue weighted by atomic mass is 9.86. The van der Waals surface area contributed by atoms with Crippen LogP contribution < -0.4 is 0 Å². The Kier molecular flexibility index (Phi) is 5.37. The van der Waals surface area contributed by atoms with Crippen molar-refractivity contribution in [2.75, 3.05) is 33.3 Å². The van der Waals surface area contributed by atoms with Gasteiger partial charge < -0.3 is 19.6 Å². The normalized spacial score (nSPS) is 36.9. The second kappa shape index (κ2) is 7.28. The summed E-state index contributed by atoms with van der Waals surface area (Å²) in [6.45, 7) is 4.09. The molecule has 22 heavy (non-hydrogen) atoms. The minimum absolute atomic E-state index is 0.111. The molecule has 1 aliphatic carbocycles. The Morgan fingerprint density at radius 1 is 1.18 bits per heavy atom. The molecule has 0 unspecified atom stereocenters. The third-order valence-corrected chi connectivity index (χ3v) is 5.71. The van der Waals surface area contributed by atoms with Crippen LogP contribution in [0.2, 0.25) is 0 Å². The van der Waals surface area contributed by atoms with Crippen LogP contribution in [0.4, 0.5) is 0 Å². The molecule has 1 amide bonds. The van der Waals surface area contributed by atoms with E-state index in [-0.39, 0.29) is 18.1 Å². The summed E-state index contributed by atoms with van der Waals surface area (Å²) in [6.07, 6.45) is 6.75. The standard InChI is InChI=1S/C17H30N2O3/c1-22-16-10-14(11-18-8-2-3-9-18)19(12-16)17(21)13-4-6-15(20)7-5-13/h13-16,20H,2-12H2,1H3/t13?,14-,15?,16-/m0/s1. The van der Waals surface area contributed by atoms with E-state index < -0.39 is 0 Å². The van der Waals surface area contributed by atoms with Gasteiger partial charge in [0.1, 0.15) is 0 Å². The van der Waals surface area contributed by atoms with Gasteiger partial charge in [-0.05, 0) is 58.0 Å². The molecule has 0 radical (unpaired) electrons.